The van der Waals surface area contributed by atoms with Crippen molar-refractivity contribution in [2.24, 2.45) is 0 Å². The third-order valence-electron chi connectivity index (χ3n) is 5.36. The number of halogens is 4. The van der Waals surface area contributed by atoms with E-state index in [1.165, 1.54) is 31.4 Å². The molecule has 0 aliphatic carbocycles. The van der Waals surface area contributed by atoms with Crippen molar-refractivity contribution in [3.63, 3.8) is 0 Å². The van der Waals surface area contributed by atoms with Gasteiger partial charge in [-0.05, 0) is 39.8 Å². The normalized spacial score (nSPS) is 13.2. The maximum absolute atomic E-state index is 15.2. The van der Waals surface area contributed by atoms with Gasteiger partial charge in [0.25, 0.3) is 0 Å². The highest BCUT2D eigenvalue weighted by Gasteiger charge is 2.49. The number of benzene rings is 2. The summed E-state index contributed by atoms with van der Waals surface area (Å²) >= 11 is 0. The number of methoxy groups -OCH3 is 1. The van der Waals surface area contributed by atoms with Crippen LogP contribution in [0.25, 0.3) is 10.9 Å². The highest BCUT2D eigenvalue weighted by molar-refractivity contribution is 5.90. The molecule has 3 rings (SSSR count). The molecule has 34 heavy (non-hydrogen) atoms. The number of alkyl halides is 2. The van der Waals surface area contributed by atoms with E-state index in [-0.39, 0.29) is 30.3 Å². The minimum absolute atomic E-state index is 0.0364. The summed E-state index contributed by atoms with van der Waals surface area (Å²) in [7, 11) is 1.49. The SMILES string of the molecule is COCCOc1cc2c(NC(C)c3cccc(C(F)(F)C(C)(C)O)c3F)nc(C)nc2cc1F. The molecule has 0 aliphatic heterocycles. The Morgan fingerprint density at radius 3 is 2.47 bits per heavy atom. The van der Waals surface area contributed by atoms with Crippen LogP contribution in [0.3, 0.4) is 0 Å². The van der Waals surface area contributed by atoms with Gasteiger partial charge in [-0.15, -0.1) is 0 Å². The first-order valence-electron chi connectivity index (χ1n) is 10.6. The largest absolute Gasteiger partial charge is 0.488 e. The Bertz CT molecular complexity index is 1180. The molecular formula is C24H27F4N3O3. The molecule has 1 aromatic heterocycles. The van der Waals surface area contributed by atoms with E-state index < -0.39 is 34.8 Å². The zero-order valence-corrected chi connectivity index (χ0v) is 19.5. The topological polar surface area (TPSA) is 76.5 Å². The van der Waals surface area contributed by atoms with Crippen LogP contribution >= 0.6 is 0 Å². The number of aryl methyl sites for hydroxylation is 1. The predicted octanol–water partition coefficient (Wildman–Crippen LogP) is 5.28. The summed E-state index contributed by atoms with van der Waals surface area (Å²) in [5.41, 5.74) is -3.14. The second kappa shape index (κ2) is 9.71. The summed E-state index contributed by atoms with van der Waals surface area (Å²) in [6, 6.07) is 5.42. The van der Waals surface area contributed by atoms with E-state index >= 15 is 4.39 Å². The Morgan fingerprint density at radius 1 is 1.12 bits per heavy atom. The number of aliphatic hydroxyl groups is 1. The van der Waals surface area contributed by atoms with Crippen LogP contribution in [0.15, 0.2) is 30.3 Å². The van der Waals surface area contributed by atoms with Gasteiger partial charge in [0, 0.05) is 24.1 Å². The summed E-state index contributed by atoms with van der Waals surface area (Å²) < 4.78 is 69.3. The number of nitrogens with one attached hydrogen (secondary N) is 1. The van der Waals surface area contributed by atoms with Crippen molar-refractivity contribution in [1.29, 1.82) is 0 Å². The Balaban J connectivity index is 2.01. The number of nitrogens with zero attached hydrogens (tertiary/aromatic N) is 2. The number of anilines is 1. The van der Waals surface area contributed by atoms with Crippen LogP contribution in [0, 0.1) is 18.6 Å². The molecule has 2 N–H and O–H groups in total. The standard InChI is InChI=1S/C24H27F4N3O3/c1-13(15-7-6-8-17(21(15)26)24(27,28)23(3,4)32)29-22-16-11-20(34-10-9-33-5)18(25)12-19(16)30-14(2)31-22/h6-8,11-13,32H,9-10H2,1-5H3,(H,29,30,31). The first-order valence-corrected chi connectivity index (χ1v) is 10.6. The molecule has 3 aromatic rings. The van der Waals surface area contributed by atoms with E-state index in [9.17, 15) is 18.3 Å². The molecule has 6 nitrogen and oxygen atoms in total. The van der Waals surface area contributed by atoms with Crippen LogP contribution in [0.2, 0.25) is 0 Å². The maximum Gasteiger partial charge on any atom is 0.303 e. The first kappa shape index (κ1) is 25.6. The van der Waals surface area contributed by atoms with Gasteiger partial charge in [-0.25, -0.2) is 18.7 Å². The minimum Gasteiger partial charge on any atom is -0.488 e. The Morgan fingerprint density at radius 2 is 1.82 bits per heavy atom. The lowest BCUT2D eigenvalue weighted by Crippen LogP contribution is -2.41. The number of aromatic nitrogens is 2. The van der Waals surface area contributed by atoms with E-state index in [4.69, 9.17) is 9.47 Å². The van der Waals surface area contributed by atoms with Crippen LogP contribution in [-0.4, -0.2) is 41.0 Å². The molecule has 0 fully saturated rings. The van der Waals surface area contributed by atoms with Crippen molar-refractivity contribution in [3.05, 3.63) is 58.9 Å². The van der Waals surface area contributed by atoms with E-state index in [0.717, 1.165) is 19.9 Å². The zero-order valence-electron chi connectivity index (χ0n) is 19.5. The lowest BCUT2D eigenvalue weighted by atomic mass is 9.91. The average Bonchev–Trinajstić information content (AvgIpc) is 2.73. The van der Waals surface area contributed by atoms with Gasteiger partial charge in [0.1, 0.15) is 29.7 Å². The van der Waals surface area contributed by atoms with Crippen molar-refractivity contribution >= 4 is 16.7 Å². The molecule has 2 aromatic carbocycles. The summed E-state index contributed by atoms with van der Waals surface area (Å²) in [6.45, 7) is 5.41. The van der Waals surface area contributed by atoms with E-state index in [1.54, 1.807) is 13.8 Å². The number of hydrogen-bond acceptors (Lipinski definition) is 6. The molecule has 0 bridgehead atoms. The van der Waals surface area contributed by atoms with E-state index in [0.29, 0.717) is 16.7 Å². The Labute approximate surface area is 194 Å². The van der Waals surface area contributed by atoms with Crippen molar-refractivity contribution in [2.75, 3.05) is 25.6 Å². The first-order chi connectivity index (χ1) is 15.9. The maximum atomic E-state index is 15.2. The lowest BCUT2D eigenvalue weighted by molar-refractivity contribution is -0.170. The van der Waals surface area contributed by atoms with E-state index in [2.05, 4.69) is 15.3 Å². The minimum atomic E-state index is -3.82. The second-order valence-corrected chi connectivity index (χ2v) is 8.47. The van der Waals surface area contributed by atoms with Crippen molar-refractivity contribution in [1.82, 2.24) is 9.97 Å². The van der Waals surface area contributed by atoms with Crippen molar-refractivity contribution in [2.45, 2.75) is 45.3 Å². The van der Waals surface area contributed by atoms with E-state index in [1.807, 2.05) is 0 Å². The summed E-state index contributed by atoms with van der Waals surface area (Å²) in [5, 5.41) is 13.3. The number of rotatable bonds is 9. The zero-order chi connectivity index (χ0) is 25.3. The molecule has 0 aliphatic rings. The smallest absolute Gasteiger partial charge is 0.303 e. The monoisotopic (exact) mass is 481 g/mol. The Kier molecular flexibility index (Phi) is 7.32. The second-order valence-electron chi connectivity index (χ2n) is 8.47. The fourth-order valence-corrected chi connectivity index (χ4v) is 3.44. The number of ether oxygens (including phenoxy) is 2. The summed E-state index contributed by atoms with van der Waals surface area (Å²) in [6.07, 6.45) is 0. The molecule has 1 heterocycles. The van der Waals surface area contributed by atoms with Crippen LogP contribution in [-0.2, 0) is 10.7 Å². The van der Waals surface area contributed by atoms with Gasteiger partial charge < -0.3 is 19.9 Å². The third kappa shape index (κ3) is 5.07. The highest BCUT2D eigenvalue weighted by Crippen LogP contribution is 2.41. The number of fused-ring (bicyclic) bond motifs is 1. The molecular weight excluding hydrogens is 454 g/mol. The highest BCUT2D eigenvalue weighted by atomic mass is 19.3. The van der Waals surface area contributed by atoms with Gasteiger partial charge in [0.15, 0.2) is 11.6 Å². The lowest BCUT2D eigenvalue weighted by Gasteiger charge is -2.30. The molecule has 0 radical (unpaired) electrons. The van der Waals surface area contributed by atoms with Gasteiger partial charge in [-0.2, -0.15) is 8.78 Å². The number of hydrogen-bond donors (Lipinski definition) is 2. The Hall–Kier alpha value is -2.98. The van der Waals surface area contributed by atoms with Crippen LogP contribution < -0.4 is 10.1 Å². The van der Waals surface area contributed by atoms with Gasteiger partial charge in [0.05, 0.1) is 23.7 Å². The summed E-state index contributed by atoms with van der Waals surface area (Å²) in [5.74, 6) is -5.03. The molecule has 0 saturated heterocycles. The molecule has 1 unspecified atom stereocenters. The molecule has 0 saturated carbocycles. The van der Waals surface area contributed by atoms with Crippen LogP contribution in [0.1, 0.15) is 43.8 Å². The summed E-state index contributed by atoms with van der Waals surface area (Å²) in [4.78, 5) is 8.57. The van der Waals surface area contributed by atoms with Gasteiger partial charge >= 0.3 is 5.92 Å². The fraction of sp³-hybridized carbons (Fsp3) is 0.417. The van der Waals surface area contributed by atoms with Crippen molar-refractivity contribution in [3.8, 4) is 5.75 Å². The fourth-order valence-electron chi connectivity index (χ4n) is 3.44. The third-order valence-corrected chi connectivity index (χ3v) is 5.36. The van der Waals surface area contributed by atoms with Crippen molar-refractivity contribution < 1.29 is 32.1 Å². The van der Waals surface area contributed by atoms with Gasteiger partial charge in [-0.3, -0.25) is 0 Å². The molecule has 0 spiro atoms. The molecule has 1 atom stereocenters. The molecule has 0 amide bonds. The predicted molar refractivity (Wildman–Crippen MR) is 120 cm³/mol. The average molecular weight is 481 g/mol. The quantitative estimate of drug-likeness (QED) is 0.320. The van der Waals surface area contributed by atoms with Crippen LogP contribution in [0.5, 0.6) is 5.75 Å². The molecule has 184 valence electrons. The molecule has 10 heteroatoms. The van der Waals surface area contributed by atoms with Crippen LogP contribution in [0.4, 0.5) is 23.4 Å². The van der Waals surface area contributed by atoms with Gasteiger partial charge in [-0.1, -0.05) is 12.1 Å². The van der Waals surface area contributed by atoms with Gasteiger partial charge in [0.2, 0.25) is 0 Å².